The molecule has 0 amide bonds. The summed E-state index contributed by atoms with van der Waals surface area (Å²) in [6.07, 6.45) is 15.8. The summed E-state index contributed by atoms with van der Waals surface area (Å²) < 4.78 is 0. The fourth-order valence-electron chi connectivity index (χ4n) is 7.64. The summed E-state index contributed by atoms with van der Waals surface area (Å²) in [6.45, 7) is 8.29. The number of likely N-dealkylation sites (tertiary alicyclic amines) is 1. The van der Waals surface area contributed by atoms with Gasteiger partial charge >= 0.3 is 0 Å². The number of piperidine rings is 2. The van der Waals surface area contributed by atoms with Crippen LogP contribution >= 0.6 is 0 Å². The van der Waals surface area contributed by atoms with E-state index >= 15 is 0 Å². The number of aryl methyl sites for hydroxylation is 2. The molecule has 8 heterocycles. The van der Waals surface area contributed by atoms with Crippen molar-refractivity contribution in [3.05, 3.63) is 154 Å². The zero-order chi connectivity index (χ0) is 37.0. The van der Waals surface area contributed by atoms with E-state index in [1.165, 1.54) is 35.4 Å². The fraction of sp³-hybridized carbons (Fsp3) is 0.395. The molecule has 0 spiro atoms. The predicted molar refractivity (Wildman–Crippen MR) is 210 cm³/mol. The van der Waals surface area contributed by atoms with E-state index in [2.05, 4.69) is 110 Å². The van der Waals surface area contributed by atoms with Gasteiger partial charge in [-0.2, -0.15) is 10.2 Å². The second-order valence-electron chi connectivity index (χ2n) is 13.9. The zero-order valence-corrected chi connectivity index (χ0v) is 31.8. The minimum Gasteiger partial charge on any atom is -0.300 e. The summed E-state index contributed by atoms with van der Waals surface area (Å²) in [4.78, 5) is 21.6. The van der Waals surface area contributed by atoms with E-state index in [-0.39, 0.29) is 6.04 Å². The standard InChI is InChI=1S/C21H25N5.C20H23N5.C2H6/c1-15-6-5-12-22-21(15)20-10-4-9-19(26(20)2)18-8-3-7-16(24-18)14-17-11-13-23-25-17;1-14-5-4-11-21-20(14)19-9-3-8-18(24-19)17-7-2-6-15(23-17)13-16-10-12-22-25-16;1-2/h3,5-8,11-13,19-20H,4,9-10,14H2,1-2H3,(H,23,25);2,4-7,10-12,18-19,24H,3,8-9,13H2,1H3,(H,22,25);1-2H3. The van der Waals surface area contributed by atoms with Crippen molar-refractivity contribution >= 4 is 0 Å². The number of pyridine rings is 4. The highest BCUT2D eigenvalue weighted by molar-refractivity contribution is 5.26. The molecule has 0 radical (unpaired) electrons. The highest BCUT2D eigenvalue weighted by Crippen LogP contribution is 2.40. The van der Waals surface area contributed by atoms with E-state index in [1.807, 2.05) is 50.5 Å². The fourth-order valence-corrected chi connectivity index (χ4v) is 7.64. The Morgan fingerprint density at radius 2 is 1.13 bits per heavy atom. The van der Waals surface area contributed by atoms with Gasteiger partial charge in [0.05, 0.1) is 40.9 Å². The molecule has 4 atom stereocenters. The SMILES string of the molecule is CC.Cc1cccnc1C1CCCC(c2cccc(Cc3ccn[nH]3)n2)N1.Cc1cccnc1C1CCCC(c2cccc(Cc3ccn[nH]3)n2)N1C. The lowest BCUT2D eigenvalue weighted by Crippen LogP contribution is -2.34. The highest BCUT2D eigenvalue weighted by atomic mass is 15.2. The van der Waals surface area contributed by atoms with Crippen LogP contribution in [0.15, 0.2) is 97.6 Å². The number of aromatic nitrogens is 8. The molecule has 3 N–H and O–H groups in total. The number of hydrogen-bond donors (Lipinski definition) is 3. The first-order chi connectivity index (χ1) is 26.0. The predicted octanol–water partition coefficient (Wildman–Crippen LogP) is 8.68. The van der Waals surface area contributed by atoms with Gasteiger partial charge in [0.1, 0.15) is 0 Å². The second kappa shape index (κ2) is 18.6. The van der Waals surface area contributed by atoms with Gasteiger partial charge in [-0.15, -0.1) is 0 Å². The highest BCUT2D eigenvalue weighted by Gasteiger charge is 2.32. The maximum Gasteiger partial charge on any atom is 0.0604 e. The van der Waals surface area contributed by atoms with Crippen molar-refractivity contribution in [3.8, 4) is 0 Å². The van der Waals surface area contributed by atoms with E-state index < -0.39 is 0 Å². The van der Waals surface area contributed by atoms with Crippen LogP contribution in [0, 0.1) is 13.8 Å². The van der Waals surface area contributed by atoms with Crippen molar-refractivity contribution in [3.63, 3.8) is 0 Å². The van der Waals surface area contributed by atoms with Crippen LogP contribution in [0.4, 0.5) is 0 Å². The van der Waals surface area contributed by atoms with Gasteiger partial charge in [0.15, 0.2) is 0 Å². The van der Waals surface area contributed by atoms with Crippen LogP contribution in [0.2, 0.25) is 0 Å². The molecule has 0 bridgehead atoms. The van der Waals surface area contributed by atoms with Gasteiger partial charge in [-0.05, 0) is 119 Å². The van der Waals surface area contributed by atoms with Gasteiger partial charge in [-0.1, -0.05) is 38.1 Å². The van der Waals surface area contributed by atoms with Crippen molar-refractivity contribution in [2.24, 2.45) is 0 Å². The second-order valence-corrected chi connectivity index (χ2v) is 13.9. The smallest absolute Gasteiger partial charge is 0.0604 e. The minimum absolute atomic E-state index is 0.280. The van der Waals surface area contributed by atoms with Crippen LogP contribution in [0.3, 0.4) is 0 Å². The average Bonchev–Trinajstić information content (AvgIpc) is 3.92. The summed E-state index contributed by atoms with van der Waals surface area (Å²) in [5.41, 5.74) is 11.5. The molecule has 8 rings (SSSR count). The Balaban J connectivity index is 0.000000173. The topological polar surface area (TPSA) is 124 Å². The molecule has 2 aliphatic rings. The van der Waals surface area contributed by atoms with E-state index in [4.69, 9.17) is 9.97 Å². The summed E-state index contributed by atoms with van der Waals surface area (Å²) in [5, 5.41) is 17.8. The molecule has 6 aromatic rings. The van der Waals surface area contributed by atoms with Crippen LogP contribution in [-0.2, 0) is 12.8 Å². The van der Waals surface area contributed by atoms with Crippen molar-refractivity contribution in [1.82, 2.24) is 50.5 Å². The van der Waals surface area contributed by atoms with Gasteiger partial charge in [0, 0.05) is 66.4 Å². The maximum atomic E-state index is 4.96. The van der Waals surface area contributed by atoms with Gasteiger partial charge in [0.25, 0.3) is 0 Å². The van der Waals surface area contributed by atoms with Crippen LogP contribution < -0.4 is 5.32 Å². The van der Waals surface area contributed by atoms with Crippen molar-refractivity contribution in [2.75, 3.05) is 7.05 Å². The number of nitrogens with zero attached hydrogens (tertiary/aromatic N) is 7. The molecular weight excluding hydrogens is 657 g/mol. The maximum absolute atomic E-state index is 4.96. The van der Waals surface area contributed by atoms with Crippen LogP contribution in [0.25, 0.3) is 0 Å². The summed E-state index contributed by atoms with van der Waals surface area (Å²) in [5.74, 6) is 0. The molecular formula is C43H54N10. The quantitative estimate of drug-likeness (QED) is 0.143. The molecule has 0 aromatic carbocycles. The van der Waals surface area contributed by atoms with E-state index in [9.17, 15) is 0 Å². The van der Waals surface area contributed by atoms with Crippen molar-refractivity contribution in [2.45, 2.75) is 103 Å². The van der Waals surface area contributed by atoms with Gasteiger partial charge in [0.2, 0.25) is 0 Å². The zero-order valence-electron chi connectivity index (χ0n) is 31.8. The molecule has 10 nitrogen and oxygen atoms in total. The largest absolute Gasteiger partial charge is 0.300 e. The molecule has 2 aliphatic heterocycles. The van der Waals surface area contributed by atoms with Gasteiger partial charge in [-0.3, -0.25) is 35.0 Å². The Morgan fingerprint density at radius 3 is 1.74 bits per heavy atom. The summed E-state index contributed by atoms with van der Waals surface area (Å²) >= 11 is 0. The average molecular weight is 711 g/mol. The molecule has 276 valence electrons. The van der Waals surface area contributed by atoms with Gasteiger partial charge < -0.3 is 5.32 Å². The van der Waals surface area contributed by atoms with E-state index in [0.717, 1.165) is 72.7 Å². The third kappa shape index (κ3) is 9.68. The molecule has 53 heavy (non-hydrogen) atoms. The minimum atomic E-state index is 0.280. The molecule has 10 heteroatoms. The Bertz CT molecular complexity index is 1970. The molecule has 0 aliphatic carbocycles. The Hall–Kier alpha value is -5.06. The number of H-pyrrole nitrogens is 2. The molecule has 2 saturated heterocycles. The number of aromatic amines is 2. The molecule has 6 aromatic heterocycles. The first-order valence-corrected chi connectivity index (χ1v) is 19.2. The van der Waals surface area contributed by atoms with E-state index in [1.54, 1.807) is 12.4 Å². The first kappa shape index (κ1) is 37.7. The lowest BCUT2D eigenvalue weighted by Gasteiger charge is -2.39. The molecule has 0 saturated carbocycles. The van der Waals surface area contributed by atoms with Crippen molar-refractivity contribution < 1.29 is 0 Å². The van der Waals surface area contributed by atoms with Gasteiger partial charge in [-0.25, -0.2) is 0 Å². The molecule has 2 fully saturated rings. The summed E-state index contributed by atoms with van der Waals surface area (Å²) in [7, 11) is 2.21. The lowest BCUT2D eigenvalue weighted by atomic mass is 9.90. The lowest BCUT2D eigenvalue weighted by molar-refractivity contribution is 0.109. The third-order valence-corrected chi connectivity index (χ3v) is 10.3. The monoisotopic (exact) mass is 710 g/mol. The summed E-state index contributed by atoms with van der Waals surface area (Å²) in [6, 6.07) is 26.2. The van der Waals surface area contributed by atoms with Crippen LogP contribution in [0.1, 0.15) is 133 Å². The van der Waals surface area contributed by atoms with Crippen LogP contribution in [-0.4, -0.2) is 52.3 Å². The Kier molecular flexibility index (Phi) is 13.2. The number of nitrogens with one attached hydrogen (secondary N) is 3. The van der Waals surface area contributed by atoms with Crippen LogP contribution in [0.5, 0.6) is 0 Å². The first-order valence-electron chi connectivity index (χ1n) is 19.2. The number of rotatable bonds is 8. The normalized spacial score (nSPS) is 20.1. The Labute approximate surface area is 314 Å². The Morgan fingerprint density at radius 1 is 0.585 bits per heavy atom. The van der Waals surface area contributed by atoms with Crippen molar-refractivity contribution in [1.29, 1.82) is 0 Å². The molecule has 4 unspecified atom stereocenters. The number of hydrogen-bond acceptors (Lipinski definition) is 8. The van der Waals surface area contributed by atoms with E-state index in [0.29, 0.717) is 18.1 Å². The third-order valence-electron chi connectivity index (χ3n) is 10.3.